The molecule has 0 aliphatic carbocycles. The second-order valence-corrected chi connectivity index (χ2v) is 5.29. The number of alkyl carbamates (subject to hydrolysis) is 1. The Kier molecular flexibility index (Phi) is 4.56. The predicted octanol–water partition coefficient (Wildman–Crippen LogP) is 0.481. The molecule has 1 heterocycles. The first-order valence-electron chi connectivity index (χ1n) is 5.72. The van der Waals surface area contributed by atoms with Crippen LogP contribution in [-0.4, -0.2) is 42.5 Å². The number of amides is 1. The summed E-state index contributed by atoms with van der Waals surface area (Å²) in [5, 5.41) is 15.0. The van der Waals surface area contributed by atoms with Crippen LogP contribution in [0.1, 0.15) is 27.2 Å². The number of hydrogen-bond donors (Lipinski definition) is 3. The lowest BCUT2D eigenvalue weighted by Crippen LogP contribution is -2.50. The van der Waals surface area contributed by atoms with Gasteiger partial charge in [-0.1, -0.05) is 0 Å². The predicted molar refractivity (Wildman–Crippen MR) is 61.2 cm³/mol. The Morgan fingerprint density at radius 2 is 2.19 bits per heavy atom. The number of rotatable bonds is 2. The number of hydrogen-bond acceptors (Lipinski definition) is 4. The molecule has 0 spiro atoms. The van der Waals surface area contributed by atoms with Gasteiger partial charge < -0.3 is 20.5 Å². The van der Waals surface area contributed by atoms with E-state index in [4.69, 9.17) is 9.84 Å². The summed E-state index contributed by atoms with van der Waals surface area (Å²) in [7, 11) is 0. The highest BCUT2D eigenvalue weighted by Gasteiger charge is 2.24. The van der Waals surface area contributed by atoms with Crippen LogP contribution in [-0.2, 0) is 4.74 Å². The molecule has 5 heteroatoms. The molecule has 2 atom stereocenters. The van der Waals surface area contributed by atoms with Gasteiger partial charge in [0.1, 0.15) is 5.60 Å². The van der Waals surface area contributed by atoms with Crippen LogP contribution >= 0.6 is 0 Å². The minimum atomic E-state index is -0.470. The molecular weight excluding hydrogens is 208 g/mol. The third kappa shape index (κ3) is 4.81. The molecule has 1 rings (SSSR count). The van der Waals surface area contributed by atoms with Gasteiger partial charge in [-0.15, -0.1) is 0 Å². The van der Waals surface area contributed by atoms with Gasteiger partial charge in [-0.25, -0.2) is 4.79 Å². The van der Waals surface area contributed by atoms with Crippen molar-refractivity contribution in [3.05, 3.63) is 0 Å². The van der Waals surface area contributed by atoms with E-state index in [1.807, 2.05) is 20.8 Å². The molecule has 1 saturated heterocycles. The SMILES string of the molecule is CC(C)(C)OC(=O)N[C@@H]1CNC[C@H](CO)C1. The number of carbonyl (C=O) groups excluding carboxylic acids is 1. The molecule has 0 unspecified atom stereocenters. The summed E-state index contributed by atoms with van der Waals surface area (Å²) < 4.78 is 5.17. The molecule has 16 heavy (non-hydrogen) atoms. The van der Waals surface area contributed by atoms with Gasteiger partial charge >= 0.3 is 6.09 Å². The number of nitrogens with one attached hydrogen (secondary N) is 2. The summed E-state index contributed by atoms with van der Waals surface area (Å²) >= 11 is 0. The summed E-state index contributed by atoms with van der Waals surface area (Å²) in [6.45, 7) is 7.20. The summed E-state index contributed by atoms with van der Waals surface area (Å²) in [6, 6.07) is 0.0424. The molecule has 1 amide bonds. The van der Waals surface area contributed by atoms with Crippen molar-refractivity contribution in [3.63, 3.8) is 0 Å². The van der Waals surface area contributed by atoms with E-state index < -0.39 is 11.7 Å². The summed E-state index contributed by atoms with van der Waals surface area (Å²) in [6.07, 6.45) is 0.404. The lowest BCUT2D eigenvalue weighted by molar-refractivity contribution is 0.0482. The van der Waals surface area contributed by atoms with E-state index in [-0.39, 0.29) is 18.6 Å². The van der Waals surface area contributed by atoms with Gasteiger partial charge in [0, 0.05) is 25.7 Å². The Morgan fingerprint density at radius 1 is 1.50 bits per heavy atom. The Balaban J connectivity index is 2.33. The molecule has 94 valence electrons. The van der Waals surface area contributed by atoms with Crippen molar-refractivity contribution in [1.82, 2.24) is 10.6 Å². The van der Waals surface area contributed by atoms with Gasteiger partial charge in [0.15, 0.2) is 0 Å². The first-order valence-corrected chi connectivity index (χ1v) is 5.72. The third-order valence-electron chi connectivity index (χ3n) is 2.42. The minimum Gasteiger partial charge on any atom is -0.444 e. The maximum atomic E-state index is 11.5. The Bertz CT molecular complexity index is 238. The molecule has 0 aromatic heterocycles. The van der Waals surface area contributed by atoms with Crippen molar-refractivity contribution >= 4 is 6.09 Å². The van der Waals surface area contributed by atoms with Gasteiger partial charge in [-0.2, -0.15) is 0 Å². The normalized spacial score (nSPS) is 26.2. The number of piperidine rings is 1. The van der Waals surface area contributed by atoms with E-state index in [9.17, 15) is 4.79 Å². The van der Waals surface area contributed by atoms with Gasteiger partial charge in [0.2, 0.25) is 0 Å². The Hall–Kier alpha value is -0.810. The molecule has 1 aliphatic rings. The molecule has 1 fully saturated rings. The van der Waals surface area contributed by atoms with Crippen molar-refractivity contribution in [2.45, 2.75) is 38.8 Å². The van der Waals surface area contributed by atoms with Crippen molar-refractivity contribution in [2.24, 2.45) is 5.92 Å². The zero-order chi connectivity index (χ0) is 12.2. The molecular formula is C11H22N2O3. The van der Waals surface area contributed by atoms with E-state index in [1.54, 1.807) is 0 Å². The largest absolute Gasteiger partial charge is 0.444 e. The van der Waals surface area contributed by atoms with Crippen LogP contribution in [0.15, 0.2) is 0 Å². The number of aliphatic hydroxyl groups excluding tert-OH is 1. The molecule has 0 aromatic rings. The third-order valence-corrected chi connectivity index (χ3v) is 2.42. The zero-order valence-corrected chi connectivity index (χ0v) is 10.2. The van der Waals surface area contributed by atoms with Crippen LogP contribution in [0.3, 0.4) is 0 Å². The maximum absolute atomic E-state index is 11.5. The summed E-state index contributed by atoms with van der Waals surface area (Å²) in [4.78, 5) is 11.5. The van der Waals surface area contributed by atoms with Gasteiger partial charge in [0.05, 0.1) is 0 Å². The second kappa shape index (κ2) is 5.50. The second-order valence-electron chi connectivity index (χ2n) is 5.29. The van der Waals surface area contributed by atoms with Crippen LogP contribution in [0.2, 0.25) is 0 Å². The fourth-order valence-electron chi connectivity index (χ4n) is 1.75. The molecule has 1 aliphatic heterocycles. The Labute approximate surface area is 96.6 Å². The standard InChI is InChI=1S/C11H22N2O3/c1-11(2,3)16-10(15)13-9-4-8(7-14)5-12-6-9/h8-9,12,14H,4-7H2,1-3H3,(H,13,15)/t8-,9+/m1/s1. The van der Waals surface area contributed by atoms with Crippen LogP contribution in [0, 0.1) is 5.92 Å². The van der Waals surface area contributed by atoms with E-state index >= 15 is 0 Å². The van der Waals surface area contributed by atoms with Crippen molar-refractivity contribution in [2.75, 3.05) is 19.7 Å². The first-order chi connectivity index (χ1) is 7.40. The fraction of sp³-hybridized carbons (Fsp3) is 0.909. The van der Waals surface area contributed by atoms with Gasteiger partial charge in [0.25, 0.3) is 0 Å². The molecule has 0 saturated carbocycles. The van der Waals surface area contributed by atoms with Crippen LogP contribution in [0.5, 0.6) is 0 Å². The van der Waals surface area contributed by atoms with Crippen molar-refractivity contribution in [1.29, 1.82) is 0 Å². The zero-order valence-electron chi connectivity index (χ0n) is 10.2. The quantitative estimate of drug-likeness (QED) is 0.645. The lowest BCUT2D eigenvalue weighted by Gasteiger charge is -2.30. The summed E-state index contributed by atoms with van der Waals surface area (Å²) in [5.41, 5.74) is -0.470. The fourth-order valence-corrected chi connectivity index (χ4v) is 1.75. The van der Waals surface area contributed by atoms with Crippen LogP contribution in [0.25, 0.3) is 0 Å². The van der Waals surface area contributed by atoms with Crippen LogP contribution < -0.4 is 10.6 Å². The van der Waals surface area contributed by atoms with Gasteiger partial charge in [-0.05, 0) is 33.1 Å². The molecule has 0 radical (unpaired) electrons. The van der Waals surface area contributed by atoms with Gasteiger partial charge in [-0.3, -0.25) is 0 Å². The van der Waals surface area contributed by atoms with E-state index in [2.05, 4.69) is 10.6 Å². The smallest absolute Gasteiger partial charge is 0.407 e. The topological polar surface area (TPSA) is 70.6 Å². The molecule has 3 N–H and O–H groups in total. The van der Waals surface area contributed by atoms with Crippen LogP contribution in [0.4, 0.5) is 4.79 Å². The number of ether oxygens (including phenoxy) is 1. The number of carbonyl (C=O) groups is 1. The van der Waals surface area contributed by atoms with E-state index in [0.29, 0.717) is 0 Å². The molecule has 0 bridgehead atoms. The monoisotopic (exact) mass is 230 g/mol. The highest BCUT2D eigenvalue weighted by atomic mass is 16.6. The maximum Gasteiger partial charge on any atom is 0.407 e. The average Bonchev–Trinajstić information content (AvgIpc) is 2.15. The molecule has 0 aromatic carbocycles. The minimum absolute atomic E-state index is 0.0424. The molecule has 5 nitrogen and oxygen atoms in total. The van der Waals surface area contributed by atoms with E-state index in [0.717, 1.165) is 19.5 Å². The van der Waals surface area contributed by atoms with Crippen molar-refractivity contribution in [3.8, 4) is 0 Å². The first kappa shape index (κ1) is 13.3. The lowest BCUT2D eigenvalue weighted by atomic mass is 9.97. The Morgan fingerprint density at radius 3 is 2.75 bits per heavy atom. The average molecular weight is 230 g/mol. The van der Waals surface area contributed by atoms with Crippen molar-refractivity contribution < 1.29 is 14.6 Å². The highest BCUT2D eigenvalue weighted by Crippen LogP contribution is 2.11. The highest BCUT2D eigenvalue weighted by molar-refractivity contribution is 5.68. The van der Waals surface area contributed by atoms with E-state index in [1.165, 1.54) is 0 Å². The summed E-state index contributed by atoms with van der Waals surface area (Å²) in [5.74, 6) is 0.216. The number of aliphatic hydroxyl groups is 1.